The van der Waals surface area contributed by atoms with Gasteiger partial charge in [-0.15, -0.1) is 0 Å². The summed E-state index contributed by atoms with van der Waals surface area (Å²) in [6.07, 6.45) is 13.7. The van der Waals surface area contributed by atoms with Crippen LogP contribution in [-0.4, -0.2) is 120 Å². The van der Waals surface area contributed by atoms with Crippen molar-refractivity contribution in [2.24, 2.45) is 46.3 Å². The number of ketones is 2. The summed E-state index contributed by atoms with van der Waals surface area (Å²) in [5.74, 6) is 3.15. The molecule has 0 spiro atoms. The minimum absolute atomic E-state index is 0.0669. The maximum Gasteiger partial charge on any atom is 0.333 e. The number of hydrogen-bond acceptors (Lipinski definition) is 12. The van der Waals surface area contributed by atoms with Gasteiger partial charge in [0.2, 0.25) is 5.78 Å². The van der Waals surface area contributed by atoms with Crippen LogP contribution in [0, 0.1) is 57.7 Å². The molecule has 2 bridgehead atoms. The molecular formula is C58H81N3O9. The lowest BCUT2D eigenvalue weighted by atomic mass is 9.47. The summed E-state index contributed by atoms with van der Waals surface area (Å²) >= 11 is 0. The van der Waals surface area contributed by atoms with E-state index in [0.29, 0.717) is 39.5 Å². The van der Waals surface area contributed by atoms with Crippen LogP contribution in [0.2, 0.25) is 0 Å². The summed E-state index contributed by atoms with van der Waals surface area (Å²) in [4.78, 5) is 46.3. The monoisotopic (exact) mass is 964 g/mol. The summed E-state index contributed by atoms with van der Waals surface area (Å²) < 4.78 is 24.8. The standard InChI is InChI=1S/C58H81N3O9/c1-13-30(4)56(66)69-28-43-44-37(49(62)32(6)53(67-11)51(44)64)26-41-47-45-46(50(63)33(7)54(68-12)52(45)65)55(48(60(47)10)42(27-59)61(41)43)70-35-21-23-57(8)34(25-35)17-18-36-39-20-19-38(31(5)16-14-15-29(2)3)58(39,9)24-22-40(36)57/h13,17,29,31,35-36,38-43,47-48,50,52,55,63,65H,14-16,18-26,28H2,1-12H3/b30-13-/t31-,35+,36+,38-,39+,40+,41-,42+,43+,47+,48-,50?,52?,55+,57+,58-/m1/s1. The number of esters is 1. The molecule has 12 heteroatoms. The second kappa shape index (κ2) is 19.2. The van der Waals surface area contributed by atoms with Gasteiger partial charge in [-0.05, 0) is 150 Å². The number of carbonyl (C=O) groups excluding carboxylic acids is 3. The van der Waals surface area contributed by atoms with Gasteiger partial charge >= 0.3 is 5.97 Å². The number of allylic oxidation sites excluding steroid dienone is 4. The minimum Gasteiger partial charge on any atom is -0.498 e. The predicted molar refractivity (Wildman–Crippen MR) is 266 cm³/mol. The van der Waals surface area contributed by atoms with E-state index in [9.17, 15) is 29.9 Å². The van der Waals surface area contributed by atoms with Gasteiger partial charge in [0.15, 0.2) is 11.5 Å². The Morgan fingerprint density at radius 3 is 2.39 bits per heavy atom. The molecule has 3 aliphatic heterocycles. The van der Waals surface area contributed by atoms with Crippen molar-refractivity contribution in [3.8, 4) is 6.07 Å². The fourth-order valence-corrected chi connectivity index (χ4v) is 16.7. The molecule has 2 N–H and O–H groups in total. The topological polar surface area (TPSA) is 159 Å². The fourth-order valence-electron chi connectivity index (χ4n) is 16.7. The zero-order chi connectivity index (χ0) is 50.5. The number of piperazine rings is 1. The van der Waals surface area contributed by atoms with Crippen LogP contribution < -0.4 is 0 Å². The van der Waals surface area contributed by atoms with Gasteiger partial charge in [0.1, 0.15) is 36.7 Å². The van der Waals surface area contributed by atoms with Gasteiger partial charge in [-0.1, -0.05) is 71.6 Å². The Labute approximate surface area is 417 Å². The lowest BCUT2D eigenvalue weighted by Crippen LogP contribution is -2.77. The molecule has 0 radical (unpaired) electrons. The zero-order valence-electron chi connectivity index (χ0n) is 44.1. The molecule has 3 saturated carbocycles. The number of rotatable bonds is 12. The van der Waals surface area contributed by atoms with Crippen LogP contribution in [0.5, 0.6) is 0 Å². The first-order chi connectivity index (χ1) is 33.3. The highest BCUT2D eigenvalue weighted by molar-refractivity contribution is 6.25. The highest BCUT2D eigenvalue weighted by Crippen LogP contribution is 2.68. The highest BCUT2D eigenvalue weighted by atomic mass is 16.5. The molecule has 0 aromatic rings. The van der Waals surface area contributed by atoms with Crippen LogP contribution in [0.4, 0.5) is 0 Å². The number of aliphatic hydroxyl groups excluding tert-OH is 2. The molecular weight excluding hydrogens is 883 g/mol. The number of ether oxygens (including phenoxy) is 4. The molecule has 9 rings (SSSR count). The molecule has 70 heavy (non-hydrogen) atoms. The van der Waals surface area contributed by atoms with Gasteiger partial charge in [0.05, 0.1) is 44.5 Å². The van der Waals surface area contributed by atoms with E-state index in [4.69, 9.17) is 18.9 Å². The lowest BCUT2D eigenvalue weighted by molar-refractivity contribution is -0.151. The molecule has 6 aliphatic carbocycles. The third kappa shape index (κ3) is 7.79. The number of fused-ring (bicyclic) bond motifs is 10. The van der Waals surface area contributed by atoms with Gasteiger partial charge in [-0.3, -0.25) is 19.4 Å². The number of nitriles is 1. The number of methoxy groups -OCH3 is 2. The molecule has 4 fully saturated rings. The third-order valence-corrected chi connectivity index (χ3v) is 20.3. The largest absolute Gasteiger partial charge is 0.498 e. The van der Waals surface area contributed by atoms with Crippen LogP contribution in [0.15, 0.2) is 68.3 Å². The number of aliphatic hydroxyl groups is 2. The Hall–Kier alpha value is -3.86. The first kappa shape index (κ1) is 51.1. The van der Waals surface area contributed by atoms with E-state index in [0.717, 1.165) is 49.4 Å². The van der Waals surface area contributed by atoms with Gasteiger partial charge in [-0.25, -0.2) is 4.79 Å². The van der Waals surface area contributed by atoms with Crippen molar-refractivity contribution in [2.75, 3.05) is 27.9 Å². The zero-order valence-corrected chi connectivity index (χ0v) is 44.1. The normalized spacial score (nSPS) is 40.2. The van der Waals surface area contributed by atoms with E-state index in [1.54, 1.807) is 33.8 Å². The van der Waals surface area contributed by atoms with Gasteiger partial charge in [-0.2, -0.15) is 5.26 Å². The summed E-state index contributed by atoms with van der Waals surface area (Å²) in [6, 6.07) is -1.36. The maximum atomic E-state index is 14.5. The lowest BCUT2D eigenvalue weighted by Gasteiger charge is -2.63. The van der Waals surface area contributed by atoms with E-state index < -0.39 is 60.3 Å². The molecule has 3 heterocycles. The Morgan fingerprint density at radius 1 is 0.971 bits per heavy atom. The molecule has 382 valence electrons. The highest BCUT2D eigenvalue weighted by Gasteiger charge is 2.64. The van der Waals surface area contributed by atoms with Crippen LogP contribution >= 0.6 is 0 Å². The smallest absolute Gasteiger partial charge is 0.333 e. The van der Waals surface area contributed by atoms with Crippen molar-refractivity contribution in [3.05, 3.63) is 68.3 Å². The Bertz CT molecular complexity index is 2400. The summed E-state index contributed by atoms with van der Waals surface area (Å²) in [6.45, 7) is 18.8. The molecule has 2 unspecified atom stereocenters. The molecule has 9 aliphatic rings. The minimum atomic E-state index is -1.26. The Balaban J connectivity index is 1.06. The van der Waals surface area contributed by atoms with E-state index in [1.807, 2.05) is 11.9 Å². The predicted octanol–water partition coefficient (Wildman–Crippen LogP) is 8.64. The van der Waals surface area contributed by atoms with Crippen LogP contribution in [0.1, 0.15) is 139 Å². The Morgan fingerprint density at radius 2 is 1.71 bits per heavy atom. The summed E-state index contributed by atoms with van der Waals surface area (Å²) in [5, 5.41) is 36.5. The van der Waals surface area contributed by atoms with E-state index in [2.05, 4.69) is 51.7 Å². The van der Waals surface area contributed by atoms with Crippen molar-refractivity contribution in [3.63, 3.8) is 0 Å². The van der Waals surface area contributed by atoms with E-state index >= 15 is 0 Å². The quantitative estimate of drug-likeness (QED) is 0.0832. The summed E-state index contributed by atoms with van der Waals surface area (Å²) in [7, 11) is 4.78. The van der Waals surface area contributed by atoms with Crippen LogP contribution in [0.3, 0.4) is 0 Å². The van der Waals surface area contributed by atoms with Gasteiger partial charge in [0.25, 0.3) is 0 Å². The van der Waals surface area contributed by atoms with Crippen molar-refractivity contribution in [1.29, 1.82) is 5.26 Å². The second-order valence-corrected chi connectivity index (χ2v) is 23.9. The molecule has 12 nitrogen and oxygen atoms in total. The van der Waals surface area contributed by atoms with E-state index in [1.165, 1.54) is 64.7 Å². The van der Waals surface area contributed by atoms with Gasteiger partial charge in [0, 0.05) is 33.9 Å². The molecule has 0 aromatic carbocycles. The second-order valence-electron chi connectivity index (χ2n) is 23.9. The average molecular weight is 964 g/mol. The molecule has 1 saturated heterocycles. The average Bonchev–Trinajstić information content (AvgIpc) is 3.69. The Kier molecular flexibility index (Phi) is 14.0. The first-order valence-corrected chi connectivity index (χ1v) is 26.7. The van der Waals surface area contributed by atoms with Crippen LogP contribution in [0.25, 0.3) is 0 Å². The molecule has 16 atom stereocenters. The number of carbonyl (C=O) groups is 3. The number of Topliss-reactive ketones (excluding diaryl/α,β-unsaturated/α-hetero) is 2. The maximum absolute atomic E-state index is 14.5. The van der Waals surface area contributed by atoms with Crippen molar-refractivity contribution in [2.45, 2.75) is 194 Å². The SMILES string of the molecule is C/C=C(/C)C(=O)OC[C@H]1C2=C(C[C@@H]3[C@H]4C5=C(C(O)C(C)=C(OC)C5O)[C@H](O[C@H]5CC[C@@]6(C)C(=CC[C@H]7[C@@H]8CC[C@H]([C@H](C)CCCC(C)C)[C@@]8(C)CC[C@@H]76)C5)[C@@H]([C@H](C#N)N31)N4C)C(=O)C(C)=C(OC)C2=O. The summed E-state index contributed by atoms with van der Waals surface area (Å²) in [5.41, 5.74) is 4.47. The number of nitrogens with zero attached hydrogens (tertiary/aromatic N) is 3. The van der Waals surface area contributed by atoms with Crippen molar-refractivity contribution in [1.82, 2.24) is 9.80 Å². The first-order valence-electron chi connectivity index (χ1n) is 26.7. The third-order valence-electron chi connectivity index (χ3n) is 20.3. The number of likely N-dealkylation sites (N-methyl/N-ethyl adjacent to an activating group) is 1. The van der Waals surface area contributed by atoms with Gasteiger partial charge < -0.3 is 29.2 Å². The molecule has 0 aromatic heterocycles. The fraction of sp³-hybridized carbons (Fsp3) is 0.724. The van der Waals surface area contributed by atoms with E-state index in [-0.39, 0.29) is 58.6 Å². The number of hydrogen-bond donors (Lipinski definition) is 2. The van der Waals surface area contributed by atoms with Crippen molar-refractivity contribution < 1.29 is 43.5 Å². The molecule has 0 amide bonds. The van der Waals surface area contributed by atoms with Crippen LogP contribution in [-0.2, 0) is 33.3 Å². The van der Waals surface area contributed by atoms with Crippen molar-refractivity contribution >= 4 is 17.5 Å².